The van der Waals surface area contributed by atoms with Gasteiger partial charge in [0.2, 0.25) is 0 Å². The number of ether oxygens (including phenoxy) is 2. The smallest absolute Gasteiger partial charge is 0.408 e. The molecule has 3 aromatic carbocycles. The zero-order valence-corrected chi connectivity index (χ0v) is 18.3. The molecule has 0 heterocycles. The maximum absolute atomic E-state index is 12.4. The summed E-state index contributed by atoms with van der Waals surface area (Å²) in [6, 6.07) is 26.6. The third-order valence-corrected chi connectivity index (χ3v) is 5.31. The molecule has 0 saturated heterocycles. The quantitative estimate of drug-likeness (QED) is 0.569. The zero-order valence-electron chi connectivity index (χ0n) is 18.3. The number of benzene rings is 3. The van der Waals surface area contributed by atoms with Crippen molar-refractivity contribution in [3.05, 3.63) is 101 Å². The van der Waals surface area contributed by atoms with E-state index in [9.17, 15) is 4.79 Å². The summed E-state index contributed by atoms with van der Waals surface area (Å²) in [4.78, 5) is 12.4. The fraction of sp³-hybridized carbons (Fsp3) is 0.296. The van der Waals surface area contributed by atoms with Gasteiger partial charge in [0.05, 0.1) is 6.04 Å². The molecule has 4 nitrogen and oxygen atoms in total. The first-order valence-electron chi connectivity index (χ1n) is 10.7. The first kappa shape index (κ1) is 21.0. The Morgan fingerprint density at radius 2 is 1.55 bits per heavy atom. The lowest BCUT2D eigenvalue weighted by Crippen LogP contribution is -2.42. The van der Waals surface area contributed by atoms with Crippen molar-refractivity contribution in [3.8, 4) is 5.75 Å². The van der Waals surface area contributed by atoms with E-state index in [0.29, 0.717) is 6.42 Å². The lowest BCUT2D eigenvalue weighted by atomic mass is 10.1. The Balaban J connectivity index is 1.48. The highest BCUT2D eigenvalue weighted by atomic mass is 16.6. The van der Waals surface area contributed by atoms with Gasteiger partial charge in [-0.25, -0.2) is 4.79 Å². The summed E-state index contributed by atoms with van der Waals surface area (Å²) in [6.45, 7) is 5.59. The number of nitrogens with one attached hydrogen (secondary N) is 1. The first-order chi connectivity index (χ1) is 14.9. The third kappa shape index (κ3) is 5.46. The van der Waals surface area contributed by atoms with Crippen molar-refractivity contribution in [1.82, 2.24) is 5.32 Å². The summed E-state index contributed by atoms with van der Waals surface area (Å²) in [6.07, 6.45) is 0.920. The van der Waals surface area contributed by atoms with Gasteiger partial charge in [-0.2, -0.15) is 0 Å². The highest BCUT2D eigenvalue weighted by molar-refractivity contribution is 5.68. The molecule has 1 N–H and O–H groups in total. The Hall–Kier alpha value is -3.27. The molecule has 160 valence electrons. The maximum atomic E-state index is 12.4. The molecule has 0 aliphatic heterocycles. The van der Waals surface area contributed by atoms with Crippen LogP contribution in [0.4, 0.5) is 4.79 Å². The summed E-state index contributed by atoms with van der Waals surface area (Å²) < 4.78 is 11.8. The van der Waals surface area contributed by atoms with Gasteiger partial charge in [-0.3, -0.25) is 0 Å². The van der Waals surface area contributed by atoms with Crippen LogP contribution in [0.2, 0.25) is 0 Å². The second kappa shape index (κ2) is 8.84. The third-order valence-electron chi connectivity index (χ3n) is 5.31. The second-order valence-electron chi connectivity index (χ2n) is 9.00. The number of rotatable bonds is 5. The van der Waals surface area contributed by atoms with E-state index >= 15 is 0 Å². The molecule has 0 bridgehead atoms. The molecule has 0 radical (unpaired) electrons. The molecule has 4 rings (SSSR count). The predicted molar refractivity (Wildman–Crippen MR) is 122 cm³/mol. The van der Waals surface area contributed by atoms with Gasteiger partial charge >= 0.3 is 6.09 Å². The number of carbonyl (C=O) groups is 1. The van der Waals surface area contributed by atoms with E-state index < -0.39 is 11.7 Å². The van der Waals surface area contributed by atoms with Crippen LogP contribution in [-0.2, 0) is 17.6 Å². The molecule has 4 heteroatoms. The Bertz CT molecular complexity index is 1020. The minimum absolute atomic E-state index is 0.184. The van der Waals surface area contributed by atoms with Crippen molar-refractivity contribution >= 4 is 6.09 Å². The summed E-state index contributed by atoms with van der Waals surface area (Å²) in [5.41, 5.74) is 4.27. The monoisotopic (exact) mass is 415 g/mol. The lowest BCUT2D eigenvalue weighted by Gasteiger charge is -2.26. The van der Waals surface area contributed by atoms with Crippen LogP contribution in [0.15, 0.2) is 78.9 Å². The van der Waals surface area contributed by atoms with Crippen LogP contribution >= 0.6 is 0 Å². The molecule has 0 spiro atoms. The SMILES string of the molecule is CC(C)(C)OC(=O)NC1Cc2ccccc2C1Oc1ccc(Cc2ccccc2)cc1. The summed E-state index contributed by atoms with van der Waals surface area (Å²) in [7, 11) is 0. The van der Waals surface area contributed by atoms with E-state index in [4.69, 9.17) is 9.47 Å². The van der Waals surface area contributed by atoms with Gasteiger partial charge in [0.15, 0.2) is 0 Å². The highest BCUT2D eigenvalue weighted by Gasteiger charge is 2.36. The van der Waals surface area contributed by atoms with Crippen LogP contribution in [-0.4, -0.2) is 17.7 Å². The molecule has 1 amide bonds. The number of amides is 1. The fourth-order valence-corrected chi connectivity index (χ4v) is 3.95. The fourth-order valence-electron chi connectivity index (χ4n) is 3.95. The van der Waals surface area contributed by atoms with Crippen molar-refractivity contribution in [2.45, 2.75) is 51.4 Å². The second-order valence-corrected chi connectivity index (χ2v) is 9.00. The van der Waals surface area contributed by atoms with Gasteiger partial charge in [0, 0.05) is 0 Å². The average molecular weight is 416 g/mol. The molecule has 2 atom stereocenters. The molecule has 0 fully saturated rings. The Morgan fingerprint density at radius 3 is 2.26 bits per heavy atom. The Morgan fingerprint density at radius 1 is 0.903 bits per heavy atom. The van der Waals surface area contributed by atoms with Crippen molar-refractivity contribution in [3.63, 3.8) is 0 Å². The number of hydrogen-bond donors (Lipinski definition) is 1. The van der Waals surface area contributed by atoms with Gasteiger partial charge in [-0.1, -0.05) is 66.7 Å². The van der Waals surface area contributed by atoms with E-state index in [2.05, 4.69) is 53.8 Å². The van der Waals surface area contributed by atoms with Crippen LogP contribution in [0.3, 0.4) is 0 Å². The molecule has 31 heavy (non-hydrogen) atoms. The number of hydrogen-bond acceptors (Lipinski definition) is 3. The number of fused-ring (bicyclic) bond motifs is 1. The van der Waals surface area contributed by atoms with Crippen LogP contribution in [0.1, 0.15) is 49.1 Å². The zero-order chi connectivity index (χ0) is 21.8. The highest BCUT2D eigenvalue weighted by Crippen LogP contribution is 2.35. The van der Waals surface area contributed by atoms with Crippen molar-refractivity contribution in [1.29, 1.82) is 0 Å². The minimum Gasteiger partial charge on any atom is -0.484 e. The summed E-state index contributed by atoms with van der Waals surface area (Å²) >= 11 is 0. The van der Waals surface area contributed by atoms with E-state index in [1.165, 1.54) is 16.7 Å². The molecule has 2 unspecified atom stereocenters. The van der Waals surface area contributed by atoms with E-state index in [1.54, 1.807) is 0 Å². The molecule has 0 aromatic heterocycles. The van der Waals surface area contributed by atoms with Gasteiger partial charge < -0.3 is 14.8 Å². The van der Waals surface area contributed by atoms with Gasteiger partial charge in [0.1, 0.15) is 17.5 Å². The predicted octanol–water partition coefficient (Wildman–Crippen LogP) is 5.85. The van der Waals surface area contributed by atoms with Crippen molar-refractivity contribution < 1.29 is 14.3 Å². The molecular weight excluding hydrogens is 386 g/mol. The standard InChI is InChI=1S/C27H29NO3/c1-27(2,3)31-26(29)28-24-18-21-11-7-8-12-23(21)25(24)30-22-15-13-20(14-16-22)17-19-9-5-4-6-10-19/h4-16,24-25H,17-18H2,1-3H3,(H,28,29). The van der Waals surface area contributed by atoms with E-state index in [1.807, 2.05) is 51.1 Å². The van der Waals surface area contributed by atoms with E-state index in [-0.39, 0.29) is 12.1 Å². The molecule has 3 aromatic rings. The Kier molecular flexibility index (Phi) is 5.99. The van der Waals surface area contributed by atoms with Crippen LogP contribution < -0.4 is 10.1 Å². The van der Waals surface area contributed by atoms with Gasteiger partial charge in [0.25, 0.3) is 0 Å². The van der Waals surface area contributed by atoms with E-state index in [0.717, 1.165) is 17.7 Å². The lowest BCUT2D eigenvalue weighted by molar-refractivity contribution is 0.0456. The number of alkyl carbamates (subject to hydrolysis) is 1. The first-order valence-corrected chi connectivity index (χ1v) is 10.7. The van der Waals surface area contributed by atoms with Crippen molar-refractivity contribution in [2.24, 2.45) is 0 Å². The van der Waals surface area contributed by atoms with Crippen LogP contribution in [0.5, 0.6) is 5.75 Å². The topological polar surface area (TPSA) is 47.6 Å². The van der Waals surface area contributed by atoms with Crippen LogP contribution in [0.25, 0.3) is 0 Å². The van der Waals surface area contributed by atoms with Crippen molar-refractivity contribution in [2.75, 3.05) is 0 Å². The molecule has 1 aliphatic rings. The minimum atomic E-state index is -0.541. The van der Waals surface area contributed by atoms with Crippen LogP contribution in [0, 0.1) is 0 Å². The van der Waals surface area contributed by atoms with Gasteiger partial charge in [-0.05, 0) is 68.0 Å². The Labute approximate surface area is 184 Å². The summed E-state index contributed by atoms with van der Waals surface area (Å²) in [5, 5.41) is 3.01. The molecular formula is C27H29NO3. The molecule has 0 saturated carbocycles. The normalized spacial score (nSPS) is 17.6. The maximum Gasteiger partial charge on any atom is 0.408 e. The number of carbonyl (C=O) groups excluding carboxylic acids is 1. The summed E-state index contributed by atoms with van der Waals surface area (Å²) in [5.74, 6) is 0.787. The average Bonchev–Trinajstić information content (AvgIpc) is 3.06. The molecule has 1 aliphatic carbocycles. The largest absolute Gasteiger partial charge is 0.484 e. The van der Waals surface area contributed by atoms with Gasteiger partial charge in [-0.15, -0.1) is 0 Å².